The van der Waals surface area contributed by atoms with Crippen molar-refractivity contribution in [1.82, 2.24) is 0 Å². The number of nitrogens with zero attached hydrogens (tertiary/aromatic N) is 1. The molecule has 0 bridgehead atoms. The van der Waals surface area contributed by atoms with Crippen LogP contribution in [0, 0.1) is 0 Å². The monoisotopic (exact) mass is 199 g/mol. The highest BCUT2D eigenvalue weighted by Gasteiger charge is 2.00. The summed E-state index contributed by atoms with van der Waals surface area (Å²) in [4.78, 5) is 4.13. The molecule has 0 amide bonds. The van der Waals surface area contributed by atoms with E-state index in [0.717, 1.165) is 23.3 Å². The summed E-state index contributed by atoms with van der Waals surface area (Å²) >= 11 is 0. The van der Waals surface area contributed by atoms with Crippen LogP contribution in [-0.2, 0) is 0 Å². The van der Waals surface area contributed by atoms with Crippen molar-refractivity contribution in [3.8, 4) is 0 Å². The zero-order valence-corrected chi connectivity index (χ0v) is 9.46. The van der Waals surface area contributed by atoms with Gasteiger partial charge in [0.15, 0.2) is 0 Å². The molecule has 0 aliphatic heterocycles. The van der Waals surface area contributed by atoms with Crippen LogP contribution in [0.3, 0.4) is 0 Å². The number of allylic oxidation sites excluding steroid dienone is 1. The molecule has 1 heteroatoms. The number of benzene rings is 1. The molecule has 0 heterocycles. The summed E-state index contributed by atoms with van der Waals surface area (Å²) in [5.41, 5.74) is 4.51. The van der Waals surface area contributed by atoms with Gasteiger partial charge in [-0.1, -0.05) is 43.5 Å². The van der Waals surface area contributed by atoms with Gasteiger partial charge in [0.1, 0.15) is 0 Å². The summed E-state index contributed by atoms with van der Waals surface area (Å²) in [6, 6.07) is 8.24. The van der Waals surface area contributed by atoms with Crippen molar-refractivity contribution in [3.05, 3.63) is 48.6 Å². The van der Waals surface area contributed by atoms with Crippen LogP contribution in [-0.4, -0.2) is 12.8 Å². The van der Waals surface area contributed by atoms with E-state index in [9.17, 15) is 0 Å². The minimum absolute atomic E-state index is 0.837. The van der Waals surface area contributed by atoms with Crippen LogP contribution >= 0.6 is 0 Å². The zero-order valence-electron chi connectivity index (χ0n) is 9.46. The second-order valence-corrected chi connectivity index (χ2v) is 3.57. The summed E-state index contributed by atoms with van der Waals surface area (Å²) in [5.74, 6) is 0. The molecule has 1 nitrogen and oxygen atoms in total. The smallest absolute Gasteiger partial charge is 0.0276 e. The van der Waals surface area contributed by atoms with Crippen molar-refractivity contribution in [3.63, 3.8) is 0 Å². The van der Waals surface area contributed by atoms with Gasteiger partial charge in [0.2, 0.25) is 0 Å². The van der Waals surface area contributed by atoms with E-state index in [1.807, 2.05) is 32.2 Å². The quantitative estimate of drug-likeness (QED) is 0.654. The van der Waals surface area contributed by atoms with Gasteiger partial charge >= 0.3 is 0 Å². The van der Waals surface area contributed by atoms with Gasteiger partial charge in [0.25, 0.3) is 0 Å². The third-order valence-electron chi connectivity index (χ3n) is 2.41. The highest BCUT2D eigenvalue weighted by Crippen LogP contribution is 2.17. The minimum atomic E-state index is 0.837. The van der Waals surface area contributed by atoms with Crippen molar-refractivity contribution in [1.29, 1.82) is 0 Å². The van der Waals surface area contributed by atoms with Crippen LogP contribution in [0.15, 0.2) is 42.4 Å². The van der Waals surface area contributed by atoms with Crippen molar-refractivity contribution in [2.75, 3.05) is 7.05 Å². The predicted molar refractivity (Wildman–Crippen MR) is 69.2 cm³/mol. The van der Waals surface area contributed by atoms with Crippen LogP contribution in [0.5, 0.6) is 0 Å². The van der Waals surface area contributed by atoms with Crippen molar-refractivity contribution < 1.29 is 0 Å². The Hall–Kier alpha value is -1.63. The van der Waals surface area contributed by atoms with Gasteiger partial charge in [-0.05, 0) is 23.6 Å². The lowest BCUT2D eigenvalue weighted by atomic mass is 10.0. The van der Waals surface area contributed by atoms with Gasteiger partial charge in [-0.3, -0.25) is 4.99 Å². The Balaban J connectivity index is 2.78. The van der Waals surface area contributed by atoms with Crippen LogP contribution in [0.2, 0.25) is 0 Å². The number of rotatable bonds is 4. The topological polar surface area (TPSA) is 12.4 Å². The molecule has 0 N–H and O–H groups in total. The van der Waals surface area contributed by atoms with Gasteiger partial charge in [0, 0.05) is 19.2 Å². The third-order valence-corrected chi connectivity index (χ3v) is 2.41. The first-order chi connectivity index (χ1) is 7.17. The molecule has 0 spiro atoms. The Morgan fingerprint density at radius 3 is 2.40 bits per heavy atom. The van der Waals surface area contributed by atoms with Crippen LogP contribution in [0.25, 0.3) is 11.6 Å². The Labute approximate surface area is 91.9 Å². The molecule has 1 rings (SSSR count). The Bertz CT molecular complexity index is 382. The lowest BCUT2D eigenvalue weighted by Crippen LogP contribution is -1.93. The van der Waals surface area contributed by atoms with Crippen molar-refractivity contribution in [2.24, 2.45) is 4.99 Å². The second kappa shape index (κ2) is 5.30. The first kappa shape index (κ1) is 11.4. The largest absolute Gasteiger partial charge is 0.297 e. The second-order valence-electron chi connectivity index (χ2n) is 3.57. The summed E-state index contributed by atoms with van der Waals surface area (Å²) in [7, 11) is 1.81. The molecule has 0 unspecified atom stereocenters. The van der Waals surface area contributed by atoms with E-state index in [4.69, 9.17) is 0 Å². The fourth-order valence-corrected chi connectivity index (χ4v) is 1.34. The minimum Gasteiger partial charge on any atom is -0.297 e. The van der Waals surface area contributed by atoms with Gasteiger partial charge in [-0.2, -0.15) is 0 Å². The normalized spacial score (nSPS) is 11.2. The molecule has 15 heavy (non-hydrogen) atoms. The van der Waals surface area contributed by atoms with E-state index in [1.165, 1.54) is 5.56 Å². The van der Waals surface area contributed by atoms with Gasteiger partial charge in [0.05, 0.1) is 0 Å². The standard InChI is InChI=1S/C14H17N/c1-5-13-6-8-14(9-7-13)11(2)10-12(3)15-4/h5-9H,1-2,10H2,3-4H3. The van der Waals surface area contributed by atoms with Crippen LogP contribution in [0.4, 0.5) is 0 Å². The van der Waals surface area contributed by atoms with E-state index < -0.39 is 0 Å². The lowest BCUT2D eigenvalue weighted by Gasteiger charge is -2.05. The molecule has 0 saturated carbocycles. The fourth-order valence-electron chi connectivity index (χ4n) is 1.34. The maximum Gasteiger partial charge on any atom is 0.0276 e. The number of hydrogen-bond donors (Lipinski definition) is 0. The van der Waals surface area contributed by atoms with Crippen molar-refractivity contribution >= 4 is 17.4 Å². The summed E-state index contributed by atoms with van der Waals surface area (Å²) in [6.07, 6.45) is 2.68. The maximum atomic E-state index is 4.13. The van der Waals surface area contributed by atoms with Gasteiger partial charge in [-0.25, -0.2) is 0 Å². The highest BCUT2D eigenvalue weighted by atomic mass is 14.7. The molecule has 78 valence electrons. The first-order valence-electron chi connectivity index (χ1n) is 5.00. The maximum absolute atomic E-state index is 4.13. The molecule has 0 saturated heterocycles. The van der Waals surface area contributed by atoms with Crippen LogP contribution in [0.1, 0.15) is 24.5 Å². The molecule has 0 aromatic heterocycles. The van der Waals surface area contributed by atoms with E-state index in [1.54, 1.807) is 0 Å². The molecule has 1 aromatic carbocycles. The van der Waals surface area contributed by atoms with Crippen LogP contribution < -0.4 is 0 Å². The molecule has 0 aliphatic carbocycles. The average molecular weight is 199 g/mol. The fraction of sp³-hybridized carbons (Fsp3) is 0.214. The molecule has 0 aliphatic rings. The van der Waals surface area contributed by atoms with E-state index >= 15 is 0 Å². The molecule has 0 radical (unpaired) electrons. The van der Waals surface area contributed by atoms with E-state index in [-0.39, 0.29) is 0 Å². The zero-order chi connectivity index (χ0) is 11.3. The molecular formula is C14H17N. The Kier molecular flexibility index (Phi) is 4.04. The third kappa shape index (κ3) is 3.21. The molecular weight excluding hydrogens is 182 g/mol. The molecule has 0 atom stereocenters. The summed E-state index contributed by atoms with van der Waals surface area (Å²) in [5, 5.41) is 0. The van der Waals surface area contributed by atoms with E-state index in [0.29, 0.717) is 0 Å². The van der Waals surface area contributed by atoms with E-state index in [2.05, 4.69) is 30.3 Å². The molecule has 0 fully saturated rings. The van der Waals surface area contributed by atoms with Crippen molar-refractivity contribution in [2.45, 2.75) is 13.3 Å². The predicted octanol–water partition coefficient (Wildman–Crippen LogP) is 3.82. The first-order valence-corrected chi connectivity index (χ1v) is 5.00. The summed E-state index contributed by atoms with van der Waals surface area (Å²) < 4.78 is 0. The van der Waals surface area contributed by atoms with Gasteiger partial charge in [-0.15, -0.1) is 0 Å². The average Bonchev–Trinajstić information content (AvgIpc) is 2.29. The summed E-state index contributed by atoms with van der Waals surface area (Å²) in [6.45, 7) is 9.80. The Morgan fingerprint density at radius 1 is 1.33 bits per heavy atom. The number of hydrogen-bond acceptors (Lipinski definition) is 1. The lowest BCUT2D eigenvalue weighted by molar-refractivity contribution is 1.34. The van der Waals surface area contributed by atoms with Gasteiger partial charge < -0.3 is 0 Å². The molecule has 1 aromatic rings. The highest BCUT2D eigenvalue weighted by molar-refractivity contribution is 5.91. The SMILES string of the molecule is C=Cc1ccc(C(=C)CC(C)=NC)cc1. The number of aliphatic imine (C=N–C) groups is 1. The Morgan fingerprint density at radius 2 is 1.93 bits per heavy atom.